The predicted octanol–water partition coefficient (Wildman–Crippen LogP) is 1.73. The van der Waals surface area contributed by atoms with E-state index in [0.717, 1.165) is 17.8 Å². The topological polar surface area (TPSA) is 114 Å². The fourth-order valence-electron chi connectivity index (χ4n) is 1.47. The molecule has 0 radical (unpaired) electrons. The van der Waals surface area contributed by atoms with Gasteiger partial charge in [-0.05, 0) is 0 Å². The van der Waals surface area contributed by atoms with Crippen molar-refractivity contribution in [1.29, 1.82) is 0 Å². The number of nitrogens with one attached hydrogen (secondary N) is 2. The van der Waals surface area contributed by atoms with Crippen LogP contribution in [0.2, 0.25) is 15.1 Å². The van der Waals surface area contributed by atoms with Gasteiger partial charge in [0.1, 0.15) is 6.04 Å². The second-order valence-corrected chi connectivity index (χ2v) is 6.26. The Bertz CT molecular complexity index is 600. The minimum atomic E-state index is -1.28. The van der Waals surface area contributed by atoms with Gasteiger partial charge in [0.2, 0.25) is 5.91 Å². The van der Waals surface area contributed by atoms with E-state index in [9.17, 15) is 14.8 Å². The fourth-order valence-corrected chi connectivity index (χ4v) is 3.38. The molecular weight excluding hydrogens is 379 g/mol. The molecule has 0 saturated carbocycles. The van der Waals surface area contributed by atoms with E-state index in [1.165, 1.54) is 6.92 Å². The smallest absolute Gasteiger partial charge is 0.327 e. The molecule has 7 nitrogen and oxygen atoms in total. The van der Waals surface area contributed by atoms with Gasteiger partial charge in [-0.15, -0.1) is 11.8 Å². The third-order valence-corrected chi connectivity index (χ3v) is 5.00. The van der Waals surface area contributed by atoms with Crippen molar-refractivity contribution >= 4 is 64.1 Å². The summed E-state index contributed by atoms with van der Waals surface area (Å²) in [6.07, 6.45) is 0. The summed E-state index contributed by atoms with van der Waals surface area (Å²) in [5, 5.41) is 30.2. The molecule has 1 aromatic carbocycles. The zero-order chi connectivity index (χ0) is 17.0. The van der Waals surface area contributed by atoms with Crippen LogP contribution in [0.5, 0.6) is 0 Å². The molecule has 1 rings (SSSR count). The van der Waals surface area contributed by atoms with Gasteiger partial charge in [0.15, 0.2) is 5.69 Å². The molecule has 0 aromatic heterocycles. The third-order valence-electron chi connectivity index (χ3n) is 2.42. The number of carbonyl (C=O) groups is 2. The number of amides is 1. The summed E-state index contributed by atoms with van der Waals surface area (Å²) >= 11 is 18.5. The van der Waals surface area contributed by atoms with Gasteiger partial charge in [-0.2, -0.15) is 5.23 Å². The number of halogens is 3. The van der Waals surface area contributed by atoms with Gasteiger partial charge >= 0.3 is 5.97 Å². The first-order valence-electron chi connectivity index (χ1n) is 5.68. The number of rotatable bonds is 6. The number of carboxylic acids is 1. The molecule has 0 spiro atoms. The maximum absolute atomic E-state index is 11.2. The van der Waals surface area contributed by atoms with Crippen molar-refractivity contribution in [2.75, 3.05) is 5.75 Å². The molecule has 0 saturated heterocycles. The molecule has 0 heterocycles. The molecule has 0 bridgehead atoms. The molecule has 0 aliphatic rings. The standard InChI is InChI=1S/C11H11Cl3N2O5S/c1-4(17)15-6(11(18)19)3-22-10-7(16(20)21)2-5(12)8(13)9(10)14/h2,6,16,20H,3H2,1H3,(H,15,17)(H,18,19)/t6-/m0/s1. The van der Waals surface area contributed by atoms with Crippen LogP contribution in [0.4, 0.5) is 5.69 Å². The molecule has 11 heteroatoms. The Balaban J connectivity index is 3.08. The van der Waals surface area contributed by atoms with E-state index in [1.807, 2.05) is 0 Å². The van der Waals surface area contributed by atoms with Gasteiger partial charge in [-0.3, -0.25) is 4.79 Å². The van der Waals surface area contributed by atoms with Gasteiger partial charge in [-0.25, -0.2) is 10.0 Å². The summed E-state index contributed by atoms with van der Waals surface area (Å²) in [6, 6.07) is -0.0658. The lowest BCUT2D eigenvalue weighted by atomic mass is 10.3. The summed E-state index contributed by atoms with van der Waals surface area (Å²) in [7, 11) is 0. The summed E-state index contributed by atoms with van der Waals surface area (Å²) in [5.74, 6) is -1.91. The highest BCUT2D eigenvalue weighted by Gasteiger charge is 2.24. The highest BCUT2D eigenvalue weighted by atomic mass is 35.5. The average molecular weight is 390 g/mol. The van der Waals surface area contributed by atoms with Crippen molar-refractivity contribution in [3.63, 3.8) is 0 Å². The van der Waals surface area contributed by atoms with Gasteiger partial charge in [-0.1, -0.05) is 34.8 Å². The van der Waals surface area contributed by atoms with E-state index in [4.69, 9.17) is 45.1 Å². The lowest BCUT2D eigenvalue weighted by molar-refractivity contribution is -0.992. The van der Waals surface area contributed by atoms with E-state index in [1.54, 1.807) is 0 Å². The first kappa shape index (κ1) is 19.3. The number of hydrogen-bond donors (Lipinski definition) is 4. The van der Waals surface area contributed by atoms with Gasteiger partial charge in [0.25, 0.3) is 0 Å². The van der Waals surface area contributed by atoms with Crippen LogP contribution in [-0.4, -0.2) is 34.0 Å². The van der Waals surface area contributed by atoms with E-state index in [0.29, 0.717) is 0 Å². The van der Waals surface area contributed by atoms with Crippen LogP contribution in [0.3, 0.4) is 0 Å². The highest BCUT2D eigenvalue weighted by Crippen LogP contribution is 2.41. The third kappa shape index (κ3) is 4.88. The van der Waals surface area contributed by atoms with Gasteiger partial charge < -0.3 is 15.6 Å². The first-order chi connectivity index (χ1) is 10.1. The Morgan fingerprint density at radius 3 is 2.45 bits per heavy atom. The number of carboxylic acid groups (broad SMARTS) is 1. The van der Waals surface area contributed by atoms with E-state index in [2.05, 4.69) is 5.32 Å². The summed E-state index contributed by atoms with van der Waals surface area (Å²) in [5.41, 5.74) is -0.198. The van der Waals surface area contributed by atoms with E-state index < -0.39 is 23.1 Å². The molecule has 1 amide bonds. The number of hydrogen-bond acceptors (Lipinski definition) is 5. The molecule has 0 aliphatic heterocycles. The lowest BCUT2D eigenvalue weighted by Crippen LogP contribution is -2.99. The summed E-state index contributed by atoms with van der Waals surface area (Å²) < 4.78 is 0. The lowest BCUT2D eigenvalue weighted by Gasteiger charge is -2.19. The van der Waals surface area contributed by atoms with Crippen molar-refractivity contribution in [3.05, 3.63) is 26.3 Å². The van der Waals surface area contributed by atoms with Crippen molar-refractivity contribution in [3.8, 4) is 0 Å². The van der Waals surface area contributed by atoms with Crippen LogP contribution in [0, 0.1) is 5.21 Å². The minimum absolute atomic E-state index is 0.0231. The predicted molar refractivity (Wildman–Crippen MR) is 83.2 cm³/mol. The Morgan fingerprint density at radius 2 is 2.00 bits per heavy atom. The van der Waals surface area contributed by atoms with Crippen LogP contribution < -0.4 is 10.5 Å². The summed E-state index contributed by atoms with van der Waals surface area (Å²) in [4.78, 5) is 22.1. The van der Waals surface area contributed by atoms with Crippen molar-refractivity contribution in [2.24, 2.45) is 0 Å². The van der Waals surface area contributed by atoms with E-state index in [-0.39, 0.29) is 31.4 Å². The Morgan fingerprint density at radius 1 is 1.41 bits per heavy atom. The maximum Gasteiger partial charge on any atom is 0.327 e. The largest absolute Gasteiger partial charge is 0.595 e. The molecule has 0 aliphatic carbocycles. The number of carbonyl (C=O) groups excluding carboxylic acids is 1. The second-order valence-electron chi connectivity index (χ2n) is 4.07. The van der Waals surface area contributed by atoms with Crippen LogP contribution >= 0.6 is 46.6 Å². The zero-order valence-electron chi connectivity index (χ0n) is 11.0. The number of thioether (sulfide) groups is 1. The van der Waals surface area contributed by atoms with Crippen LogP contribution in [-0.2, 0) is 9.59 Å². The van der Waals surface area contributed by atoms with Crippen molar-refractivity contribution < 1.29 is 25.1 Å². The Labute approximate surface area is 144 Å². The molecule has 1 unspecified atom stereocenters. The van der Waals surface area contributed by atoms with E-state index >= 15 is 0 Å². The van der Waals surface area contributed by atoms with Crippen LogP contribution in [0.25, 0.3) is 0 Å². The molecule has 2 atom stereocenters. The second kappa shape index (κ2) is 8.21. The molecule has 4 N–H and O–H groups in total. The van der Waals surface area contributed by atoms with Gasteiger partial charge in [0, 0.05) is 18.7 Å². The molecule has 1 aromatic rings. The average Bonchev–Trinajstić information content (AvgIpc) is 2.41. The fraction of sp³-hybridized carbons (Fsp3) is 0.273. The summed E-state index contributed by atoms with van der Waals surface area (Å²) in [6.45, 7) is 1.18. The van der Waals surface area contributed by atoms with Crippen LogP contribution in [0.15, 0.2) is 11.0 Å². The number of benzene rings is 1. The maximum atomic E-state index is 11.2. The highest BCUT2D eigenvalue weighted by molar-refractivity contribution is 7.99. The number of aliphatic carboxylic acids is 1. The van der Waals surface area contributed by atoms with Crippen molar-refractivity contribution in [1.82, 2.24) is 5.32 Å². The molecule has 22 heavy (non-hydrogen) atoms. The van der Waals surface area contributed by atoms with Crippen molar-refractivity contribution in [2.45, 2.75) is 17.9 Å². The molecule has 122 valence electrons. The first-order valence-corrected chi connectivity index (χ1v) is 7.80. The Hall–Kier alpha value is -0.740. The molecular formula is C11H11Cl3N2O5S. The normalized spacial score (nSPS) is 13.5. The van der Waals surface area contributed by atoms with Gasteiger partial charge in [0.05, 0.1) is 20.0 Å². The SMILES string of the molecule is CC(=O)N[C@@H](CSc1c([NH+]([O-])O)cc(Cl)c(Cl)c1Cl)C(=O)O. The number of quaternary nitrogens is 1. The quantitative estimate of drug-likeness (QED) is 0.335. The molecule has 0 fully saturated rings. The zero-order valence-corrected chi connectivity index (χ0v) is 14.1. The Kier molecular flexibility index (Phi) is 7.20. The minimum Gasteiger partial charge on any atom is -0.595 e. The monoisotopic (exact) mass is 388 g/mol. The van der Waals surface area contributed by atoms with Crippen LogP contribution in [0.1, 0.15) is 6.92 Å².